The van der Waals surface area contributed by atoms with E-state index >= 15 is 0 Å². The summed E-state index contributed by atoms with van der Waals surface area (Å²) in [6.45, 7) is 5.57. The number of hydrogen-bond acceptors (Lipinski definition) is 6. The minimum atomic E-state index is -0.0898. The molecule has 0 aromatic carbocycles. The predicted molar refractivity (Wildman–Crippen MR) is 89.9 cm³/mol. The molecule has 0 atom stereocenters. The maximum absolute atomic E-state index is 12.6. The lowest BCUT2D eigenvalue weighted by molar-refractivity contribution is 0.0779. The first kappa shape index (κ1) is 15.9. The van der Waals surface area contributed by atoms with Gasteiger partial charge in [-0.15, -0.1) is 11.3 Å². The Bertz CT molecular complexity index is 682. The number of aromatic nitrogens is 2. The first-order chi connectivity index (χ1) is 11.1. The molecule has 0 aliphatic carbocycles. The summed E-state index contributed by atoms with van der Waals surface area (Å²) in [5, 5.41) is 2.92. The summed E-state index contributed by atoms with van der Waals surface area (Å²) in [5.74, 6) is -0.0898. The van der Waals surface area contributed by atoms with Crippen LogP contribution >= 0.6 is 11.3 Å². The molecule has 1 amide bonds. The molecule has 3 heterocycles. The number of carbonyl (C=O) groups excluding carboxylic acids is 1. The Labute approximate surface area is 139 Å². The summed E-state index contributed by atoms with van der Waals surface area (Å²) >= 11 is 1.57. The Balaban J connectivity index is 1.71. The van der Waals surface area contributed by atoms with E-state index in [1.807, 2.05) is 24.4 Å². The van der Waals surface area contributed by atoms with Gasteiger partial charge in [0.1, 0.15) is 10.7 Å². The highest BCUT2D eigenvalue weighted by atomic mass is 32.1. The Morgan fingerprint density at radius 2 is 2.22 bits per heavy atom. The molecule has 0 bridgehead atoms. The molecule has 0 N–H and O–H groups in total. The first-order valence-corrected chi connectivity index (χ1v) is 8.46. The van der Waals surface area contributed by atoms with E-state index in [2.05, 4.69) is 14.9 Å². The third-order valence-corrected chi connectivity index (χ3v) is 4.68. The van der Waals surface area contributed by atoms with Crippen LogP contribution in [-0.4, -0.2) is 54.1 Å². The van der Waals surface area contributed by atoms with E-state index in [4.69, 9.17) is 4.74 Å². The Morgan fingerprint density at radius 1 is 1.43 bits per heavy atom. The quantitative estimate of drug-likeness (QED) is 0.856. The number of ether oxygens (including phenoxy) is 1. The molecule has 2 aromatic rings. The zero-order valence-electron chi connectivity index (χ0n) is 13.4. The highest BCUT2D eigenvalue weighted by molar-refractivity contribution is 7.09. The van der Waals surface area contributed by atoms with Gasteiger partial charge in [0.05, 0.1) is 19.8 Å². The van der Waals surface area contributed by atoms with E-state index in [1.165, 1.54) is 0 Å². The smallest absolute Gasteiger partial charge is 0.272 e. The number of pyridine rings is 1. The van der Waals surface area contributed by atoms with Crippen LogP contribution in [0.3, 0.4) is 0 Å². The van der Waals surface area contributed by atoms with Crippen LogP contribution in [0.1, 0.15) is 21.2 Å². The van der Waals surface area contributed by atoms with Crippen molar-refractivity contribution in [3.05, 3.63) is 40.1 Å². The SMILES string of the molecule is Cc1csc(CN(C)C(=O)c2cc(N3CCOCC3)ccn2)n1. The number of hydrogen-bond donors (Lipinski definition) is 0. The van der Waals surface area contributed by atoms with Crippen molar-refractivity contribution in [2.45, 2.75) is 13.5 Å². The third kappa shape index (κ3) is 3.86. The molecule has 1 aliphatic rings. The van der Waals surface area contributed by atoms with Crippen molar-refractivity contribution < 1.29 is 9.53 Å². The lowest BCUT2D eigenvalue weighted by Crippen LogP contribution is -2.36. The van der Waals surface area contributed by atoms with Crippen LogP contribution in [-0.2, 0) is 11.3 Å². The average molecular weight is 332 g/mol. The molecule has 1 saturated heterocycles. The van der Waals surface area contributed by atoms with Crippen molar-refractivity contribution in [3.8, 4) is 0 Å². The average Bonchev–Trinajstić information content (AvgIpc) is 3.00. The topological polar surface area (TPSA) is 58.6 Å². The molecule has 0 spiro atoms. The summed E-state index contributed by atoms with van der Waals surface area (Å²) < 4.78 is 5.37. The van der Waals surface area contributed by atoms with Gasteiger partial charge in [-0.25, -0.2) is 4.98 Å². The number of carbonyl (C=O) groups is 1. The Hall–Kier alpha value is -1.99. The fourth-order valence-corrected chi connectivity index (χ4v) is 3.32. The van der Waals surface area contributed by atoms with E-state index < -0.39 is 0 Å². The second-order valence-corrected chi connectivity index (χ2v) is 6.49. The van der Waals surface area contributed by atoms with Gasteiger partial charge in [0, 0.05) is 43.1 Å². The van der Waals surface area contributed by atoms with E-state index in [0.717, 1.165) is 42.7 Å². The van der Waals surface area contributed by atoms with Crippen molar-refractivity contribution in [1.82, 2.24) is 14.9 Å². The Morgan fingerprint density at radius 3 is 2.91 bits per heavy atom. The zero-order chi connectivity index (χ0) is 16.2. The minimum Gasteiger partial charge on any atom is -0.378 e. The van der Waals surface area contributed by atoms with E-state index in [1.54, 1.807) is 29.5 Å². The van der Waals surface area contributed by atoms with Crippen LogP contribution < -0.4 is 4.90 Å². The van der Waals surface area contributed by atoms with E-state index in [-0.39, 0.29) is 5.91 Å². The fourth-order valence-electron chi connectivity index (χ4n) is 2.50. The lowest BCUT2D eigenvalue weighted by Gasteiger charge is -2.29. The number of anilines is 1. The standard InChI is InChI=1S/C16H20N4O2S/c1-12-11-23-15(18-12)10-19(2)16(21)14-9-13(3-4-17-14)20-5-7-22-8-6-20/h3-4,9,11H,5-8,10H2,1-2H3. The molecule has 0 saturated carbocycles. The highest BCUT2D eigenvalue weighted by Crippen LogP contribution is 2.18. The van der Waals surface area contributed by atoms with E-state index in [9.17, 15) is 4.79 Å². The predicted octanol–water partition coefficient (Wildman–Crippen LogP) is 1.96. The molecule has 6 nitrogen and oxygen atoms in total. The van der Waals surface area contributed by atoms with Gasteiger partial charge in [-0.3, -0.25) is 9.78 Å². The normalized spacial score (nSPS) is 14.8. The summed E-state index contributed by atoms with van der Waals surface area (Å²) in [6.07, 6.45) is 1.69. The van der Waals surface area contributed by atoms with Crippen LogP contribution in [0, 0.1) is 6.92 Å². The van der Waals surface area contributed by atoms with Crippen LogP contribution in [0.5, 0.6) is 0 Å². The Kier molecular flexibility index (Phi) is 4.88. The summed E-state index contributed by atoms with van der Waals surface area (Å²) in [7, 11) is 1.78. The number of aryl methyl sites for hydroxylation is 1. The molecular formula is C16H20N4O2S. The molecule has 1 fully saturated rings. The molecule has 23 heavy (non-hydrogen) atoms. The molecular weight excluding hydrogens is 312 g/mol. The first-order valence-electron chi connectivity index (χ1n) is 7.59. The highest BCUT2D eigenvalue weighted by Gasteiger charge is 2.17. The van der Waals surface area contributed by atoms with Crippen LogP contribution in [0.25, 0.3) is 0 Å². The van der Waals surface area contributed by atoms with Crippen LogP contribution in [0.15, 0.2) is 23.7 Å². The maximum atomic E-state index is 12.6. The molecule has 0 unspecified atom stereocenters. The molecule has 3 rings (SSSR count). The van der Waals surface area contributed by atoms with Crippen molar-refractivity contribution >= 4 is 22.9 Å². The molecule has 122 valence electrons. The number of rotatable bonds is 4. The largest absolute Gasteiger partial charge is 0.378 e. The lowest BCUT2D eigenvalue weighted by atomic mass is 10.2. The number of amides is 1. The van der Waals surface area contributed by atoms with Gasteiger partial charge in [0.2, 0.25) is 0 Å². The minimum absolute atomic E-state index is 0.0898. The van der Waals surface area contributed by atoms with E-state index in [0.29, 0.717) is 12.2 Å². The van der Waals surface area contributed by atoms with Gasteiger partial charge in [0.25, 0.3) is 5.91 Å². The summed E-state index contributed by atoms with van der Waals surface area (Å²) in [4.78, 5) is 25.1. The van der Waals surface area contributed by atoms with Gasteiger partial charge >= 0.3 is 0 Å². The van der Waals surface area contributed by atoms with Crippen LogP contribution in [0.2, 0.25) is 0 Å². The number of thiazole rings is 1. The van der Waals surface area contributed by atoms with Crippen molar-refractivity contribution in [2.24, 2.45) is 0 Å². The van der Waals surface area contributed by atoms with Gasteiger partial charge in [-0.05, 0) is 19.1 Å². The number of morpholine rings is 1. The molecule has 2 aromatic heterocycles. The van der Waals surface area contributed by atoms with Gasteiger partial charge in [-0.1, -0.05) is 0 Å². The van der Waals surface area contributed by atoms with Gasteiger partial charge in [0.15, 0.2) is 0 Å². The maximum Gasteiger partial charge on any atom is 0.272 e. The monoisotopic (exact) mass is 332 g/mol. The third-order valence-electron chi connectivity index (χ3n) is 3.72. The van der Waals surface area contributed by atoms with Crippen molar-refractivity contribution in [1.29, 1.82) is 0 Å². The summed E-state index contributed by atoms with van der Waals surface area (Å²) in [5.41, 5.74) is 2.47. The van der Waals surface area contributed by atoms with Gasteiger partial charge < -0.3 is 14.5 Å². The van der Waals surface area contributed by atoms with Gasteiger partial charge in [-0.2, -0.15) is 0 Å². The fraction of sp³-hybridized carbons (Fsp3) is 0.438. The second-order valence-electron chi connectivity index (χ2n) is 5.54. The van der Waals surface area contributed by atoms with Crippen LogP contribution in [0.4, 0.5) is 5.69 Å². The zero-order valence-corrected chi connectivity index (χ0v) is 14.2. The summed E-state index contributed by atoms with van der Waals surface area (Å²) in [6, 6.07) is 3.80. The second kappa shape index (κ2) is 7.06. The molecule has 7 heteroatoms. The van der Waals surface area contributed by atoms with Crippen molar-refractivity contribution in [3.63, 3.8) is 0 Å². The number of nitrogens with zero attached hydrogens (tertiary/aromatic N) is 4. The molecule has 1 aliphatic heterocycles. The molecule has 0 radical (unpaired) electrons. The van der Waals surface area contributed by atoms with Crippen molar-refractivity contribution in [2.75, 3.05) is 38.3 Å².